The van der Waals surface area contributed by atoms with Crippen molar-refractivity contribution in [3.63, 3.8) is 0 Å². The van der Waals surface area contributed by atoms with Crippen molar-refractivity contribution < 1.29 is 24.2 Å². The van der Waals surface area contributed by atoms with E-state index >= 15 is 0 Å². The molecule has 0 aliphatic rings. The second kappa shape index (κ2) is 8.26. The van der Waals surface area contributed by atoms with Crippen LogP contribution in [0.5, 0.6) is 0 Å². The number of amides is 1. The van der Waals surface area contributed by atoms with Gasteiger partial charge in [0.05, 0.1) is 0 Å². The topological polar surface area (TPSA) is 105 Å². The first-order valence-electron chi connectivity index (χ1n) is 6.03. The number of hydrogen-bond donors (Lipinski definition) is 2. The van der Waals surface area contributed by atoms with Crippen molar-refractivity contribution in [1.82, 2.24) is 5.32 Å². The first kappa shape index (κ1) is 17.1. The molecule has 1 atom stereocenters. The molecule has 0 aromatic carbocycles. The highest BCUT2D eigenvalue weighted by Gasteiger charge is 2.16. The molecule has 0 saturated carbocycles. The fourth-order valence-corrected chi connectivity index (χ4v) is 1.27. The number of unbranched alkanes of at least 4 members (excludes halogenated alkanes) is 1. The predicted octanol–water partition coefficient (Wildman–Crippen LogP) is 1.47. The number of nitrogens with zero attached hydrogens (tertiary/aromatic N) is 1. The minimum Gasteiger partial charge on any atom is -0.480 e. The largest absolute Gasteiger partial charge is 0.480 e. The van der Waals surface area contributed by atoms with Crippen LogP contribution in [0.25, 0.3) is 0 Å². The predicted molar refractivity (Wildman–Crippen MR) is 67.6 cm³/mol. The van der Waals surface area contributed by atoms with Gasteiger partial charge in [-0.05, 0) is 40.0 Å². The fraction of sp³-hybridized carbons (Fsp3) is 0.750. The van der Waals surface area contributed by atoms with Gasteiger partial charge in [-0.1, -0.05) is 0 Å². The number of carbonyl (C=O) groups excluding carboxylic acids is 2. The van der Waals surface area contributed by atoms with Gasteiger partial charge in [-0.2, -0.15) is 4.99 Å². The molecule has 0 aliphatic heterocycles. The van der Waals surface area contributed by atoms with Gasteiger partial charge in [-0.3, -0.25) is 0 Å². The number of aliphatic carboxylic acids is 1. The third-order valence-electron chi connectivity index (χ3n) is 2.07. The van der Waals surface area contributed by atoms with Crippen LogP contribution in [-0.4, -0.2) is 41.4 Å². The summed E-state index contributed by atoms with van der Waals surface area (Å²) in [4.78, 5) is 35.1. The molecule has 0 saturated heterocycles. The molecular formula is C12H20N2O5. The van der Waals surface area contributed by atoms with E-state index in [1.807, 2.05) is 0 Å². The van der Waals surface area contributed by atoms with Gasteiger partial charge in [0.15, 0.2) is 6.04 Å². The van der Waals surface area contributed by atoms with E-state index in [1.165, 1.54) is 6.08 Å². The third kappa shape index (κ3) is 9.79. The van der Waals surface area contributed by atoms with Gasteiger partial charge < -0.3 is 15.2 Å². The van der Waals surface area contributed by atoms with Gasteiger partial charge in [-0.15, -0.1) is 0 Å². The average Bonchev–Trinajstić information content (AvgIpc) is 2.24. The molecule has 0 aromatic rings. The maximum atomic E-state index is 11.3. The second-order valence-corrected chi connectivity index (χ2v) is 5.00. The van der Waals surface area contributed by atoms with Crippen molar-refractivity contribution >= 4 is 18.1 Å². The highest BCUT2D eigenvalue weighted by Crippen LogP contribution is 2.07. The van der Waals surface area contributed by atoms with Crippen LogP contribution in [0.2, 0.25) is 0 Å². The quantitative estimate of drug-likeness (QED) is 0.415. The molecule has 0 rings (SSSR count). The number of ether oxygens (including phenoxy) is 1. The van der Waals surface area contributed by atoms with Crippen LogP contribution in [-0.2, 0) is 14.3 Å². The minimum atomic E-state index is -1.15. The van der Waals surface area contributed by atoms with E-state index in [1.54, 1.807) is 20.8 Å². The Kier molecular flexibility index (Phi) is 7.44. The van der Waals surface area contributed by atoms with E-state index in [4.69, 9.17) is 9.84 Å². The molecular weight excluding hydrogens is 252 g/mol. The molecule has 0 fully saturated rings. The molecule has 7 nitrogen and oxygen atoms in total. The molecule has 0 aliphatic carbocycles. The van der Waals surface area contributed by atoms with Crippen molar-refractivity contribution in [3.05, 3.63) is 0 Å². The second-order valence-electron chi connectivity index (χ2n) is 5.00. The molecule has 0 spiro atoms. The lowest BCUT2D eigenvalue weighted by Gasteiger charge is -2.19. The highest BCUT2D eigenvalue weighted by atomic mass is 16.6. The summed E-state index contributed by atoms with van der Waals surface area (Å²) in [7, 11) is 0. The normalized spacial score (nSPS) is 12.2. The Balaban J connectivity index is 3.78. The number of hydrogen-bond acceptors (Lipinski definition) is 5. The lowest BCUT2D eigenvalue weighted by molar-refractivity contribution is -0.138. The molecule has 0 aromatic heterocycles. The molecule has 0 radical (unpaired) electrons. The number of aliphatic imine (C=N–C) groups is 1. The Labute approximate surface area is 112 Å². The van der Waals surface area contributed by atoms with Crippen molar-refractivity contribution in [2.45, 2.75) is 51.7 Å². The average molecular weight is 272 g/mol. The Bertz CT molecular complexity index is 354. The van der Waals surface area contributed by atoms with Crippen LogP contribution in [0.4, 0.5) is 4.79 Å². The smallest absolute Gasteiger partial charge is 0.407 e. The van der Waals surface area contributed by atoms with Gasteiger partial charge in [0.2, 0.25) is 6.08 Å². The molecule has 0 unspecified atom stereocenters. The fourth-order valence-electron chi connectivity index (χ4n) is 1.27. The highest BCUT2D eigenvalue weighted by molar-refractivity contribution is 5.74. The lowest BCUT2D eigenvalue weighted by atomic mass is 10.1. The zero-order valence-corrected chi connectivity index (χ0v) is 11.4. The first-order valence-corrected chi connectivity index (χ1v) is 6.03. The summed E-state index contributed by atoms with van der Waals surface area (Å²) in [6.45, 7) is 5.68. The Hall–Kier alpha value is -1.88. The molecule has 2 N–H and O–H groups in total. The van der Waals surface area contributed by atoms with Gasteiger partial charge in [-0.25, -0.2) is 14.4 Å². The van der Waals surface area contributed by atoms with E-state index in [-0.39, 0.29) is 6.42 Å². The zero-order valence-electron chi connectivity index (χ0n) is 11.4. The summed E-state index contributed by atoms with van der Waals surface area (Å²) in [6.07, 6.45) is 2.08. The van der Waals surface area contributed by atoms with Crippen LogP contribution in [0, 0.1) is 0 Å². The third-order valence-corrected chi connectivity index (χ3v) is 2.07. The Morgan fingerprint density at radius 3 is 2.47 bits per heavy atom. The number of isocyanates is 1. The van der Waals surface area contributed by atoms with Crippen LogP contribution in [0.1, 0.15) is 40.0 Å². The molecule has 19 heavy (non-hydrogen) atoms. The number of carboxylic acids is 1. The van der Waals surface area contributed by atoms with Gasteiger partial charge >= 0.3 is 12.1 Å². The standard InChI is InChI=1S/C12H20N2O5/c1-12(2,3)19-11(18)13-7-5-4-6-9(10(16)17)14-8-15/h9H,4-7H2,1-3H3,(H,13,18)(H,16,17)/t9-/m0/s1. The van der Waals surface area contributed by atoms with Crippen molar-refractivity contribution in [2.24, 2.45) is 4.99 Å². The summed E-state index contributed by atoms with van der Waals surface area (Å²) < 4.78 is 5.03. The van der Waals surface area contributed by atoms with Gasteiger partial charge in [0.1, 0.15) is 5.60 Å². The van der Waals surface area contributed by atoms with E-state index in [2.05, 4.69) is 10.3 Å². The minimum absolute atomic E-state index is 0.237. The van der Waals surface area contributed by atoms with Crippen LogP contribution >= 0.6 is 0 Å². The molecule has 108 valence electrons. The van der Waals surface area contributed by atoms with E-state index < -0.39 is 23.7 Å². The summed E-state index contributed by atoms with van der Waals surface area (Å²) in [6, 6.07) is -1.06. The van der Waals surface area contributed by atoms with Crippen LogP contribution in [0.3, 0.4) is 0 Å². The van der Waals surface area contributed by atoms with Crippen molar-refractivity contribution in [1.29, 1.82) is 0 Å². The SMILES string of the molecule is CC(C)(C)OC(=O)NCCCC[C@H](N=C=O)C(=O)O. The summed E-state index contributed by atoms with van der Waals surface area (Å²) in [5, 5.41) is 11.3. The van der Waals surface area contributed by atoms with Gasteiger partial charge in [0, 0.05) is 6.54 Å². The van der Waals surface area contributed by atoms with Crippen molar-refractivity contribution in [3.8, 4) is 0 Å². The summed E-state index contributed by atoms with van der Waals surface area (Å²) in [5.74, 6) is -1.15. The number of nitrogens with one attached hydrogen (secondary N) is 1. The molecule has 7 heteroatoms. The number of rotatable bonds is 7. The number of carbonyl (C=O) groups is 2. The first-order chi connectivity index (χ1) is 8.76. The van der Waals surface area contributed by atoms with E-state index in [0.717, 1.165) is 0 Å². The van der Waals surface area contributed by atoms with Crippen molar-refractivity contribution in [2.75, 3.05) is 6.54 Å². The lowest BCUT2D eigenvalue weighted by Crippen LogP contribution is -2.33. The zero-order chi connectivity index (χ0) is 14.9. The van der Waals surface area contributed by atoms with E-state index in [0.29, 0.717) is 19.4 Å². The summed E-state index contributed by atoms with van der Waals surface area (Å²) in [5.41, 5.74) is -0.544. The van der Waals surface area contributed by atoms with Crippen LogP contribution < -0.4 is 5.32 Å². The molecule has 0 heterocycles. The maximum Gasteiger partial charge on any atom is 0.407 e. The van der Waals surface area contributed by atoms with Crippen LogP contribution in [0.15, 0.2) is 4.99 Å². The van der Waals surface area contributed by atoms with Gasteiger partial charge in [0.25, 0.3) is 0 Å². The number of carboxylic acid groups (broad SMARTS) is 1. The number of alkyl carbamates (subject to hydrolysis) is 1. The Morgan fingerprint density at radius 1 is 1.37 bits per heavy atom. The maximum absolute atomic E-state index is 11.3. The Morgan fingerprint density at radius 2 is 2.00 bits per heavy atom. The molecule has 1 amide bonds. The van der Waals surface area contributed by atoms with E-state index in [9.17, 15) is 14.4 Å². The molecule has 0 bridgehead atoms. The summed E-state index contributed by atoms with van der Waals surface area (Å²) >= 11 is 0. The monoisotopic (exact) mass is 272 g/mol.